The minimum atomic E-state index is -1.18. The van der Waals surface area contributed by atoms with Gasteiger partial charge >= 0.3 is 0 Å². The van der Waals surface area contributed by atoms with Gasteiger partial charge in [0, 0.05) is 18.9 Å². The number of allylic oxidation sites excluding steroid dienone is 1. The van der Waals surface area contributed by atoms with E-state index in [1.165, 1.54) is 6.92 Å². The lowest BCUT2D eigenvalue weighted by Gasteiger charge is -2.26. The lowest BCUT2D eigenvalue weighted by atomic mass is 9.89. The van der Waals surface area contributed by atoms with Crippen molar-refractivity contribution in [3.05, 3.63) is 11.8 Å². The molecule has 3 atom stereocenters. The monoisotopic (exact) mass is 185 g/mol. The molecule has 2 aliphatic rings. The minimum Gasteiger partial charge on any atom is -0.465 e. The highest BCUT2D eigenvalue weighted by atomic mass is 19.1. The predicted octanol–water partition coefficient (Wildman–Crippen LogP) is 1.97. The fraction of sp³-hybridized carbons (Fsp3) is 0.800. The Kier molecular flexibility index (Phi) is 2.54. The van der Waals surface area contributed by atoms with Crippen LogP contribution in [0.3, 0.4) is 0 Å². The molecule has 0 radical (unpaired) electrons. The molecule has 0 aromatic rings. The molecule has 1 heterocycles. The van der Waals surface area contributed by atoms with Crippen LogP contribution in [0.4, 0.5) is 4.39 Å². The molecule has 0 bridgehead atoms. The molecule has 2 nitrogen and oxygen atoms in total. The maximum atomic E-state index is 12.7. The maximum Gasteiger partial charge on any atom is 0.235 e. The van der Waals surface area contributed by atoms with Crippen LogP contribution >= 0.6 is 0 Å². The smallest absolute Gasteiger partial charge is 0.235 e. The second-order valence-corrected chi connectivity index (χ2v) is 3.80. The first-order valence-corrected chi connectivity index (χ1v) is 5.01. The Labute approximate surface area is 78.2 Å². The van der Waals surface area contributed by atoms with Crippen LogP contribution in [0.25, 0.3) is 0 Å². The molecule has 1 saturated heterocycles. The van der Waals surface area contributed by atoms with Crippen molar-refractivity contribution in [1.82, 2.24) is 5.32 Å². The van der Waals surface area contributed by atoms with Crippen LogP contribution in [0.2, 0.25) is 0 Å². The van der Waals surface area contributed by atoms with E-state index in [4.69, 9.17) is 4.74 Å². The van der Waals surface area contributed by atoms with Crippen molar-refractivity contribution >= 4 is 0 Å². The quantitative estimate of drug-likeness (QED) is 0.710. The second kappa shape index (κ2) is 3.66. The summed E-state index contributed by atoms with van der Waals surface area (Å²) in [6.45, 7) is 2.48. The van der Waals surface area contributed by atoms with Gasteiger partial charge in [0.15, 0.2) is 0 Å². The molecular formula is C10H16FNO. The molecule has 1 aliphatic heterocycles. The van der Waals surface area contributed by atoms with E-state index in [0.717, 1.165) is 31.6 Å². The summed E-state index contributed by atoms with van der Waals surface area (Å²) in [5.74, 6) is 1.29. The van der Waals surface area contributed by atoms with E-state index in [9.17, 15) is 4.39 Å². The summed E-state index contributed by atoms with van der Waals surface area (Å²) in [6, 6.07) is 0.527. The standard InChI is InChI=1S/C10H16FNO/c1-7(11)13-10-4-2-3-9-8(10)5-6-12-9/h4,7-9,12H,2-3,5-6H2,1H3. The number of fused-ring (bicyclic) bond motifs is 1. The number of hydrogen-bond donors (Lipinski definition) is 1. The van der Waals surface area contributed by atoms with Gasteiger partial charge in [-0.05, 0) is 31.9 Å². The van der Waals surface area contributed by atoms with E-state index >= 15 is 0 Å². The normalized spacial score (nSPS) is 35.1. The van der Waals surface area contributed by atoms with E-state index < -0.39 is 6.36 Å². The largest absolute Gasteiger partial charge is 0.465 e. The molecule has 74 valence electrons. The predicted molar refractivity (Wildman–Crippen MR) is 48.9 cm³/mol. The molecule has 1 N–H and O–H groups in total. The third-order valence-corrected chi connectivity index (χ3v) is 2.83. The van der Waals surface area contributed by atoms with E-state index in [-0.39, 0.29) is 0 Å². The molecule has 1 fully saturated rings. The number of nitrogens with one attached hydrogen (secondary N) is 1. The SMILES string of the molecule is CC(F)OC1=CCCC2NCCC12. The lowest BCUT2D eigenvalue weighted by Crippen LogP contribution is -2.31. The second-order valence-electron chi connectivity index (χ2n) is 3.80. The highest BCUT2D eigenvalue weighted by Crippen LogP contribution is 2.32. The van der Waals surface area contributed by atoms with Crippen LogP contribution in [0.1, 0.15) is 26.2 Å². The van der Waals surface area contributed by atoms with E-state index in [0.29, 0.717) is 12.0 Å². The summed E-state index contributed by atoms with van der Waals surface area (Å²) in [5, 5.41) is 3.42. The minimum absolute atomic E-state index is 0.423. The highest BCUT2D eigenvalue weighted by Gasteiger charge is 2.33. The number of hydrogen-bond acceptors (Lipinski definition) is 2. The van der Waals surface area contributed by atoms with E-state index in [1.807, 2.05) is 6.08 Å². The molecule has 13 heavy (non-hydrogen) atoms. The Morgan fingerprint density at radius 2 is 2.46 bits per heavy atom. The molecule has 0 amide bonds. The third-order valence-electron chi connectivity index (χ3n) is 2.83. The van der Waals surface area contributed by atoms with Crippen LogP contribution < -0.4 is 5.32 Å². The summed E-state index contributed by atoms with van der Waals surface area (Å²) in [4.78, 5) is 0. The van der Waals surface area contributed by atoms with Crippen LogP contribution in [0, 0.1) is 5.92 Å². The van der Waals surface area contributed by atoms with Crippen molar-refractivity contribution in [1.29, 1.82) is 0 Å². The van der Waals surface area contributed by atoms with Crippen molar-refractivity contribution in [3.8, 4) is 0 Å². The molecular weight excluding hydrogens is 169 g/mol. The first-order chi connectivity index (χ1) is 6.27. The lowest BCUT2D eigenvalue weighted by molar-refractivity contribution is 0.00342. The summed E-state index contributed by atoms with van der Waals surface area (Å²) >= 11 is 0. The maximum absolute atomic E-state index is 12.7. The molecule has 0 aromatic carbocycles. The first-order valence-electron chi connectivity index (χ1n) is 5.01. The number of alkyl halides is 1. The van der Waals surface area contributed by atoms with Gasteiger partial charge < -0.3 is 10.1 Å². The molecule has 1 aliphatic carbocycles. The van der Waals surface area contributed by atoms with Crippen molar-refractivity contribution in [2.75, 3.05) is 6.54 Å². The van der Waals surface area contributed by atoms with Gasteiger partial charge in [-0.15, -0.1) is 0 Å². The number of ether oxygens (including phenoxy) is 1. The van der Waals surface area contributed by atoms with Gasteiger partial charge in [-0.25, -0.2) is 4.39 Å². The molecule has 2 rings (SSSR count). The van der Waals surface area contributed by atoms with Crippen LogP contribution in [0.5, 0.6) is 0 Å². The average Bonchev–Trinajstić information content (AvgIpc) is 2.51. The van der Waals surface area contributed by atoms with Crippen LogP contribution in [-0.2, 0) is 4.74 Å². The average molecular weight is 185 g/mol. The molecule has 3 unspecified atom stereocenters. The zero-order valence-corrected chi connectivity index (χ0v) is 7.92. The van der Waals surface area contributed by atoms with Crippen LogP contribution in [0.15, 0.2) is 11.8 Å². The van der Waals surface area contributed by atoms with Crippen molar-refractivity contribution in [2.24, 2.45) is 5.92 Å². The Bertz CT molecular complexity index is 215. The van der Waals surface area contributed by atoms with Gasteiger partial charge in [-0.1, -0.05) is 0 Å². The van der Waals surface area contributed by atoms with Gasteiger partial charge in [0.2, 0.25) is 6.36 Å². The Morgan fingerprint density at radius 3 is 3.23 bits per heavy atom. The Balaban J connectivity index is 2.04. The highest BCUT2D eigenvalue weighted by molar-refractivity contribution is 5.10. The van der Waals surface area contributed by atoms with Crippen molar-refractivity contribution in [2.45, 2.75) is 38.6 Å². The molecule has 0 saturated carbocycles. The fourth-order valence-corrected chi connectivity index (χ4v) is 2.29. The topological polar surface area (TPSA) is 21.3 Å². The van der Waals surface area contributed by atoms with Gasteiger partial charge in [-0.2, -0.15) is 0 Å². The molecule has 0 aromatic heterocycles. The van der Waals surface area contributed by atoms with E-state index in [1.54, 1.807) is 0 Å². The zero-order chi connectivity index (χ0) is 9.26. The Morgan fingerprint density at radius 1 is 1.62 bits per heavy atom. The first kappa shape index (κ1) is 9.00. The van der Waals surface area contributed by atoms with E-state index in [2.05, 4.69) is 5.32 Å². The summed E-state index contributed by atoms with van der Waals surface area (Å²) < 4.78 is 17.8. The van der Waals surface area contributed by atoms with Crippen LogP contribution in [-0.4, -0.2) is 18.9 Å². The fourth-order valence-electron chi connectivity index (χ4n) is 2.29. The summed E-state index contributed by atoms with van der Waals surface area (Å²) in [6.07, 6.45) is 4.13. The van der Waals surface area contributed by atoms with Crippen molar-refractivity contribution in [3.63, 3.8) is 0 Å². The zero-order valence-electron chi connectivity index (χ0n) is 7.92. The molecule has 0 spiro atoms. The third kappa shape index (κ3) is 1.85. The number of halogens is 1. The van der Waals surface area contributed by atoms with Gasteiger partial charge in [-0.3, -0.25) is 0 Å². The number of rotatable bonds is 2. The van der Waals surface area contributed by atoms with Gasteiger partial charge in [0.25, 0.3) is 0 Å². The molecule has 3 heteroatoms. The summed E-state index contributed by atoms with van der Waals surface area (Å²) in [5.41, 5.74) is 0. The van der Waals surface area contributed by atoms with Gasteiger partial charge in [0.05, 0.1) is 0 Å². The van der Waals surface area contributed by atoms with Gasteiger partial charge in [0.1, 0.15) is 5.76 Å². The van der Waals surface area contributed by atoms with Crippen molar-refractivity contribution < 1.29 is 9.13 Å². The Hall–Kier alpha value is -0.570. The summed E-state index contributed by atoms with van der Waals surface area (Å²) in [7, 11) is 0.